The van der Waals surface area contributed by atoms with Crippen LogP contribution in [0.25, 0.3) is 11.0 Å². The van der Waals surface area contributed by atoms with E-state index in [1.54, 1.807) is 16.7 Å². The Labute approximate surface area is 133 Å². The maximum absolute atomic E-state index is 12.9. The second-order valence-corrected chi connectivity index (χ2v) is 6.18. The van der Waals surface area contributed by atoms with Gasteiger partial charge in [-0.1, -0.05) is 18.5 Å². The fourth-order valence-corrected chi connectivity index (χ4v) is 3.28. The average molecular weight is 322 g/mol. The van der Waals surface area contributed by atoms with Crippen LogP contribution in [0.1, 0.15) is 32.2 Å². The summed E-state index contributed by atoms with van der Waals surface area (Å²) in [6.45, 7) is 3.74. The maximum Gasteiger partial charge on any atom is 0.329 e. The highest BCUT2D eigenvalue weighted by molar-refractivity contribution is 6.31. The second-order valence-electron chi connectivity index (χ2n) is 5.75. The van der Waals surface area contributed by atoms with E-state index in [1.807, 2.05) is 17.6 Å². The predicted octanol–water partition coefficient (Wildman–Crippen LogP) is 2.36. The molecule has 0 radical (unpaired) electrons. The smallest absolute Gasteiger partial charge is 0.317 e. The minimum absolute atomic E-state index is 0.0476. The number of fused-ring (bicyclic) bond motifs is 1. The number of imidazole rings is 1. The van der Waals surface area contributed by atoms with Gasteiger partial charge in [-0.25, -0.2) is 4.79 Å². The van der Waals surface area contributed by atoms with Gasteiger partial charge in [0.25, 0.3) is 0 Å². The van der Waals surface area contributed by atoms with Gasteiger partial charge < -0.3 is 5.32 Å². The first-order valence-electron chi connectivity index (χ1n) is 7.74. The molecule has 0 unspecified atom stereocenters. The molecule has 1 aliphatic rings. The van der Waals surface area contributed by atoms with Crippen molar-refractivity contribution < 1.29 is 4.79 Å². The summed E-state index contributed by atoms with van der Waals surface area (Å²) >= 11 is 6.09. The summed E-state index contributed by atoms with van der Waals surface area (Å²) in [6, 6.07) is 5.63. The van der Waals surface area contributed by atoms with E-state index < -0.39 is 0 Å². The van der Waals surface area contributed by atoms with E-state index in [0.717, 1.165) is 37.0 Å². The van der Waals surface area contributed by atoms with E-state index in [9.17, 15) is 9.59 Å². The highest BCUT2D eigenvalue weighted by atomic mass is 35.5. The van der Waals surface area contributed by atoms with Crippen LogP contribution in [0.15, 0.2) is 23.0 Å². The Kier molecular flexibility index (Phi) is 4.36. The number of ketones is 1. The van der Waals surface area contributed by atoms with E-state index in [4.69, 9.17) is 11.6 Å². The molecule has 0 bridgehead atoms. The Morgan fingerprint density at radius 1 is 1.32 bits per heavy atom. The first-order chi connectivity index (χ1) is 10.6. The van der Waals surface area contributed by atoms with Crippen LogP contribution in [0.3, 0.4) is 0 Å². The SMILES string of the molecule is CCC(=O)Cn1c(=O)n(C2CCNCC2)c2ccc(Cl)cc21. The van der Waals surface area contributed by atoms with Crippen LogP contribution in [0.2, 0.25) is 5.02 Å². The van der Waals surface area contributed by atoms with Crippen molar-refractivity contribution in [2.75, 3.05) is 13.1 Å². The summed E-state index contributed by atoms with van der Waals surface area (Å²) in [7, 11) is 0. The highest BCUT2D eigenvalue weighted by Crippen LogP contribution is 2.25. The fourth-order valence-electron chi connectivity index (χ4n) is 3.11. The summed E-state index contributed by atoms with van der Waals surface area (Å²) in [5, 5.41) is 3.89. The number of nitrogens with zero attached hydrogens (tertiary/aromatic N) is 2. The van der Waals surface area contributed by atoms with Crippen molar-refractivity contribution in [2.24, 2.45) is 0 Å². The zero-order chi connectivity index (χ0) is 15.7. The van der Waals surface area contributed by atoms with Crippen LogP contribution in [-0.4, -0.2) is 28.0 Å². The van der Waals surface area contributed by atoms with Crippen molar-refractivity contribution in [1.29, 1.82) is 0 Å². The van der Waals surface area contributed by atoms with Gasteiger partial charge in [0.05, 0.1) is 17.6 Å². The number of carbonyl (C=O) groups excluding carboxylic acids is 1. The molecule has 2 aromatic rings. The number of Topliss-reactive ketones (excluding diaryl/α,β-unsaturated/α-hetero) is 1. The second kappa shape index (κ2) is 6.26. The standard InChI is InChI=1S/C16H20ClN3O2/c1-2-13(21)10-19-15-9-11(17)3-4-14(15)20(16(19)22)12-5-7-18-8-6-12/h3-4,9,12,18H,2,5-8,10H2,1H3. The van der Waals surface area contributed by atoms with Crippen LogP contribution in [-0.2, 0) is 11.3 Å². The summed E-state index contributed by atoms with van der Waals surface area (Å²) < 4.78 is 3.41. The minimum Gasteiger partial charge on any atom is -0.317 e. The molecular weight excluding hydrogens is 302 g/mol. The lowest BCUT2D eigenvalue weighted by Crippen LogP contribution is -2.35. The van der Waals surface area contributed by atoms with Gasteiger partial charge in [-0.05, 0) is 44.1 Å². The molecule has 1 aliphatic heterocycles. The molecule has 6 heteroatoms. The first-order valence-corrected chi connectivity index (χ1v) is 8.12. The molecule has 2 heterocycles. The third-order valence-electron chi connectivity index (χ3n) is 4.33. The highest BCUT2D eigenvalue weighted by Gasteiger charge is 2.23. The zero-order valence-electron chi connectivity index (χ0n) is 12.6. The lowest BCUT2D eigenvalue weighted by Gasteiger charge is -2.23. The topological polar surface area (TPSA) is 56.0 Å². The maximum atomic E-state index is 12.9. The van der Waals surface area contributed by atoms with Gasteiger partial charge in [-0.15, -0.1) is 0 Å². The van der Waals surface area contributed by atoms with Gasteiger partial charge in [-0.3, -0.25) is 13.9 Å². The number of hydrogen-bond donors (Lipinski definition) is 1. The summed E-state index contributed by atoms with van der Waals surface area (Å²) in [5.41, 5.74) is 1.51. The Bertz CT molecular complexity index is 757. The van der Waals surface area contributed by atoms with Crippen molar-refractivity contribution in [3.05, 3.63) is 33.7 Å². The van der Waals surface area contributed by atoms with Crippen molar-refractivity contribution >= 4 is 28.4 Å². The first kappa shape index (κ1) is 15.3. The summed E-state index contributed by atoms with van der Waals surface area (Å²) in [6.07, 6.45) is 2.26. The molecule has 1 fully saturated rings. The minimum atomic E-state index is -0.106. The van der Waals surface area contributed by atoms with E-state index in [-0.39, 0.29) is 24.1 Å². The van der Waals surface area contributed by atoms with Crippen molar-refractivity contribution in [3.63, 3.8) is 0 Å². The third kappa shape index (κ3) is 2.71. The van der Waals surface area contributed by atoms with Gasteiger partial charge in [-0.2, -0.15) is 0 Å². The third-order valence-corrected chi connectivity index (χ3v) is 4.56. The summed E-state index contributed by atoms with van der Waals surface area (Å²) in [4.78, 5) is 24.7. The van der Waals surface area contributed by atoms with Crippen LogP contribution in [0.4, 0.5) is 0 Å². The summed E-state index contributed by atoms with van der Waals surface area (Å²) in [5.74, 6) is 0.0476. The molecule has 0 saturated carbocycles. The van der Waals surface area contributed by atoms with Gasteiger partial charge in [0.15, 0.2) is 5.78 Å². The van der Waals surface area contributed by atoms with Crippen molar-refractivity contribution in [2.45, 2.75) is 38.8 Å². The zero-order valence-corrected chi connectivity index (χ0v) is 13.4. The number of halogens is 1. The molecule has 1 aromatic carbocycles. The van der Waals surface area contributed by atoms with E-state index in [1.165, 1.54) is 0 Å². The molecule has 0 atom stereocenters. The van der Waals surface area contributed by atoms with Gasteiger partial charge >= 0.3 is 5.69 Å². The number of nitrogens with one attached hydrogen (secondary N) is 1. The van der Waals surface area contributed by atoms with E-state index in [2.05, 4.69) is 5.32 Å². The Morgan fingerprint density at radius 2 is 2.05 bits per heavy atom. The molecular formula is C16H20ClN3O2. The largest absolute Gasteiger partial charge is 0.329 e. The van der Waals surface area contributed by atoms with Crippen LogP contribution in [0.5, 0.6) is 0 Å². The number of benzene rings is 1. The average Bonchev–Trinajstić information content (AvgIpc) is 2.80. The molecule has 1 saturated heterocycles. The number of piperidine rings is 1. The molecule has 3 rings (SSSR count). The molecule has 0 amide bonds. The molecule has 22 heavy (non-hydrogen) atoms. The lowest BCUT2D eigenvalue weighted by molar-refractivity contribution is -0.119. The molecule has 1 N–H and O–H groups in total. The molecule has 118 valence electrons. The van der Waals surface area contributed by atoms with Crippen molar-refractivity contribution in [1.82, 2.24) is 14.5 Å². The van der Waals surface area contributed by atoms with Crippen LogP contribution in [0, 0.1) is 0 Å². The number of aromatic nitrogens is 2. The van der Waals surface area contributed by atoms with E-state index in [0.29, 0.717) is 11.4 Å². The van der Waals surface area contributed by atoms with E-state index >= 15 is 0 Å². The number of hydrogen-bond acceptors (Lipinski definition) is 3. The predicted molar refractivity (Wildman–Crippen MR) is 87.6 cm³/mol. The molecule has 0 aliphatic carbocycles. The lowest BCUT2D eigenvalue weighted by atomic mass is 10.1. The Morgan fingerprint density at radius 3 is 2.73 bits per heavy atom. The quantitative estimate of drug-likeness (QED) is 0.940. The monoisotopic (exact) mass is 321 g/mol. The van der Waals surface area contributed by atoms with Crippen LogP contribution >= 0.6 is 11.6 Å². The number of carbonyl (C=O) groups is 1. The Balaban J connectivity index is 2.17. The van der Waals surface area contributed by atoms with Crippen LogP contribution < -0.4 is 11.0 Å². The number of rotatable bonds is 4. The van der Waals surface area contributed by atoms with Gasteiger partial charge in [0.2, 0.25) is 0 Å². The Hall–Kier alpha value is -1.59. The van der Waals surface area contributed by atoms with Crippen molar-refractivity contribution in [3.8, 4) is 0 Å². The normalized spacial score (nSPS) is 16.3. The fraction of sp³-hybridized carbons (Fsp3) is 0.500. The molecule has 5 nitrogen and oxygen atoms in total. The van der Waals surface area contributed by atoms with Gasteiger partial charge in [0.1, 0.15) is 0 Å². The van der Waals surface area contributed by atoms with Gasteiger partial charge in [0, 0.05) is 17.5 Å². The molecule has 0 spiro atoms. The molecule has 1 aromatic heterocycles.